The van der Waals surface area contributed by atoms with Crippen LogP contribution < -0.4 is 5.73 Å². The van der Waals surface area contributed by atoms with Gasteiger partial charge >= 0.3 is 5.97 Å². The van der Waals surface area contributed by atoms with Crippen LogP contribution in [0.2, 0.25) is 0 Å². The average Bonchev–Trinajstić information content (AvgIpc) is 2.70. The lowest BCUT2D eigenvalue weighted by Crippen LogP contribution is -2.35. The Morgan fingerprint density at radius 1 is 1.44 bits per heavy atom. The Hall–Kier alpha value is -1.81. The number of hydrogen-bond donors (Lipinski definition) is 3. The summed E-state index contributed by atoms with van der Waals surface area (Å²) in [6, 6.07) is 6.91. The Balaban J connectivity index is 2.44. The molecule has 84 valence electrons. The molecule has 1 heterocycles. The number of aromatic amines is 1. The van der Waals surface area contributed by atoms with Crippen molar-refractivity contribution in [1.29, 1.82) is 0 Å². The molecule has 0 spiro atoms. The molecule has 0 radical (unpaired) electrons. The monoisotopic (exact) mass is 218 g/mol. The van der Waals surface area contributed by atoms with E-state index in [1.807, 2.05) is 37.4 Å². The van der Waals surface area contributed by atoms with Gasteiger partial charge in [-0.3, -0.25) is 4.79 Å². The first-order chi connectivity index (χ1) is 7.61. The standard InChI is InChI=1S/C12H14N2O2/c1-7(11(13)12(15)16)9-6-14-10-5-3-2-4-8(9)10/h2-7,11,14H,13H2,1H3,(H,15,16)/t7?,11-/m1/s1. The van der Waals surface area contributed by atoms with Crippen molar-refractivity contribution in [2.75, 3.05) is 0 Å². The van der Waals surface area contributed by atoms with Gasteiger partial charge in [0, 0.05) is 23.0 Å². The lowest BCUT2D eigenvalue weighted by atomic mass is 9.93. The highest BCUT2D eigenvalue weighted by Crippen LogP contribution is 2.26. The number of H-pyrrole nitrogens is 1. The smallest absolute Gasteiger partial charge is 0.321 e. The lowest BCUT2D eigenvalue weighted by Gasteiger charge is -2.15. The molecule has 4 N–H and O–H groups in total. The minimum atomic E-state index is -0.974. The first-order valence-corrected chi connectivity index (χ1v) is 5.15. The van der Waals surface area contributed by atoms with Crippen LogP contribution in [0.4, 0.5) is 0 Å². The third kappa shape index (κ3) is 1.67. The fraction of sp³-hybridized carbons (Fsp3) is 0.250. The molecule has 4 nitrogen and oxygen atoms in total. The van der Waals surface area contributed by atoms with Crippen LogP contribution in [-0.2, 0) is 4.79 Å². The van der Waals surface area contributed by atoms with Gasteiger partial charge in [-0.2, -0.15) is 0 Å². The highest BCUT2D eigenvalue weighted by Gasteiger charge is 2.23. The lowest BCUT2D eigenvalue weighted by molar-refractivity contribution is -0.138. The molecule has 1 aromatic heterocycles. The van der Waals surface area contributed by atoms with Gasteiger partial charge in [0.2, 0.25) is 0 Å². The summed E-state index contributed by atoms with van der Waals surface area (Å²) in [4.78, 5) is 14.0. The second-order valence-electron chi connectivity index (χ2n) is 3.94. The molecule has 2 aromatic rings. The molecule has 0 aliphatic heterocycles. The predicted octanol–water partition coefficient (Wildman–Crippen LogP) is 1.68. The molecule has 2 atom stereocenters. The number of fused-ring (bicyclic) bond motifs is 1. The van der Waals surface area contributed by atoms with Crippen molar-refractivity contribution in [3.8, 4) is 0 Å². The van der Waals surface area contributed by atoms with Gasteiger partial charge in [0.05, 0.1) is 0 Å². The van der Waals surface area contributed by atoms with Crippen LogP contribution in [-0.4, -0.2) is 22.1 Å². The zero-order valence-corrected chi connectivity index (χ0v) is 8.97. The van der Waals surface area contributed by atoms with Crippen molar-refractivity contribution in [2.24, 2.45) is 5.73 Å². The van der Waals surface area contributed by atoms with Gasteiger partial charge in [0.1, 0.15) is 6.04 Å². The maximum absolute atomic E-state index is 10.8. The number of para-hydroxylation sites is 1. The number of nitrogens with one attached hydrogen (secondary N) is 1. The number of benzene rings is 1. The first kappa shape index (κ1) is 10.7. The Morgan fingerprint density at radius 2 is 2.12 bits per heavy atom. The van der Waals surface area contributed by atoms with Crippen molar-refractivity contribution in [3.05, 3.63) is 36.0 Å². The summed E-state index contributed by atoms with van der Waals surface area (Å²) in [6.07, 6.45) is 1.83. The topological polar surface area (TPSA) is 79.1 Å². The Bertz CT molecular complexity index is 518. The van der Waals surface area contributed by atoms with E-state index in [0.29, 0.717) is 0 Å². The molecule has 1 unspecified atom stereocenters. The molecule has 0 aliphatic rings. The Kier molecular flexibility index (Phi) is 2.66. The number of rotatable bonds is 3. The van der Waals surface area contributed by atoms with Gasteiger partial charge in [-0.1, -0.05) is 25.1 Å². The van der Waals surface area contributed by atoms with Crippen molar-refractivity contribution in [2.45, 2.75) is 18.9 Å². The number of aliphatic carboxylic acids is 1. The molecule has 0 amide bonds. The number of carboxylic acids is 1. The van der Waals surface area contributed by atoms with E-state index in [1.165, 1.54) is 0 Å². The van der Waals surface area contributed by atoms with E-state index >= 15 is 0 Å². The van der Waals surface area contributed by atoms with Crippen LogP contribution in [0.5, 0.6) is 0 Å². The maximum atomic E-state index is 10.8. The van der Waals surface area contributed by atoms with Gasteiger partial charge in [0.15, 0.2) is 0 Å². The Morgan fingerprint density at radius 3 is 2.81 bits per heavy atom. The third-order valence-corrected chi connectivity index (χ3v) is 2.94. The van der Waals surface area contributed by atoms with Gasteiger partial charge in [-0.15, -0.1) is 0 Å². The molecule has 0 bridgehead atoms. The van der Waals surface area contributed by atoms with Gasteiger partial charge in [0.25, 0.3) is 0 Å². The SMILES string of the molecule is CC(c1c[nH]c2ccccc12)[C@@H](N)C(=O)O. The van der Waals surface area contributed by atoms with Gasteiger partial charge < -0.3 is 15.8 Å². The fourth-order valence-electron chi connectivity index (χ4n) is 1.88. The van der Waals surface area contributed by atoms with Crippen LogP contribution in [0.1, 0.15) is 18.4 Å². The van der Waals surface area contributed by atoms with Crippen LogP contribution in [0.25, 0.3) is 10.9 Å². The van der Waals surface area contributed by atoms with Gasteiger partial charge in [-0.25, -0.2) is 0 Å². The van der Waals surface area contributed by atoms with E-state index < -0.39 is 12.0 Å². The summed E-state index contributed by atoms with van der Waals surface area (Å²) in [5.74, 6) is -1.19. The largest absolute Gasteiger partial charge is 0.480 e. The fourth-order valence-corrected chi connectivity index (χ4v) is 1.88. The third-order valence-electron chi connectivity index (χ3n) is 2.94. The minimum Gasteiger partial charge on any atom is -0.480 e. The van der Waals surface area contributed by atoms with E-state index in [2.05, 4.69) is 4.98 Å². The molecule has 16 heavy (non-hydrogen) atoms. The van der Waals surface area contributed by atoms with Crippen molar-refractivity contribution < 1.29 is 9.90 Å². The zero-order chi connectivity index (χ0) is 11.7. The van der Waals surface area contributed by atoms with Crippen molar-refractivity contribution in [1.82, 2.24) is 4.98 Å². The van der Waals surface area contributed by atoms with Gasteiger partial charge in [-0.05, 0) is 11.6 Å². The molecular formula is C12H14N2O2. The van der Waals surface area contributed by atoms with E-state index in [9.17, 15) is 4.79 Å². The van der Waals surface area contributed by atoms with E-state index in [0.717, 1.165) is 16.5 Å². The molecule has 0 aliphatic carbocycles. The molecule has 1 aromatic carbocycles. The summed E-state index contributed by atoms with van der Waals surface area (Å²) in [7, 11) is 0. The average molecular weight is 218 g/mol. The van der Waals surface area contributed by atoms with Crippen LogP contribution in [0.15, 0.2) is 30.5 Å². The normalized spacial score (nSPS) is 14.9. The van der Waals surface area contributed by atoms with E-state index in [-0.39, 0.29) is 5.92 Å². The summed E-state index contributed by atoms with van der Waals surface area (Å²) in [5.41, 5.74) is 7.58. The van der Waals surface area contributed by atoms with Crippen molar-refractivity contribution in [3.63, 3.8) is 0 Å². The highest BCUT2D eigenvalue weighted by molar-refractivity contribution is 5.85. The minimum absolute atomic E-state index is 0.214. The van der Waals surface area contributed by atoms with Crippen LogP contribution >= 0.6 is 0 Å². The summed E-state index contributed by atoms with van der Waals surface area (Å²) in [6.45, 7) is 1.83. The second-order valence-corrected chi connectivity index (χ2v) is 3.94. The predicted molar refractivity (Wildman–Crippen MR) is 62.3 cm³/mol. The van der Waals surface area contributed by atoms with E-state index in [1.54, 1.807) is 0 Å². The molecule has 0 saturated heterocycles. The zero-order valence-electron chi connectivity index (χ0n) is 8.97. The van der Waals surface area contributed by atoms with Crippen LogP contribution in [0, 0.1) is 0 Å². The summed E-state index contributed by atoms with van der Waals surface area (Å²) >= 11 is 0. The number of carboxylic acid groups (broad SMARTS) is 1. The second kappa shape index (κ2) is 3.98. The molecule has 2 rings (SSSR count). The Labute approximate surface area is 93.1 Å². The quantitative estimate of drug-likeness (QED) is 0.733. The van der Waals surface area contributed by atoms with Crippen molar-refractivity contribution >= 4 is 16.9 Å². The molecule has 0 saturated carbocycles. The number of nitrogens with two attached hydrogens (primary N) is 1. The van der Waals surface area contributed by atoms with E-state index in [4.69, 9.17) is 10.8 Å². The number of hydrogen-bond acceptors (Lipinski definition) is 2. The highest BCUT2D eigenvalue weighted by atomic mass is 16.4. The molecular weight excluding hydrogens is 204 g/mol. The molecule has 0 fully saturated rings. The number of aromatic nitrogens is 1. The van der Waals surface area contributed by atoms with Crippen LogP contribution in [0.3, 0.4) is 0 Å². The maximum Gasteiger partial charge on any atom is 0.321 e. The summed E-state index contributed by atoms with van der Waals surface area (Å²) < 4.78 is 0. The number of carbonyl (C=O) groups is 1. The first-order valence-electron chi connectivity index (χ1n) is 5.15. The summed E-state index contributed by atoms with van der Waals surface area (Å²) in [5, 5.41) is 9.92. The molecule has 4 heteroatoms.